The number of rotatable bonds is 3. The molecule has 0 spiro atoms. The molecule has 0 bridgehead atoms. The Morgan fingerprint density at radius 2 is 2.07 bits per heavy atom. The average Bonchev–Trinajstić information content (AvgIpc) is 2.08. The average molecular weight is 237 g/mol. The SMILES string of the molecule is CC(O)CN(C)c1nc(Cl)nnc1Cl. The minimum Gasteiger partial charge on any atom is -0.392 e. The van der Waals surface area contributed by atoms with Crippen LogP contribution in [0, 0.1) is 0 Å². The lowest BCUT2D eigenvalue weighted by Crippen LogP contribution is -2.28. The molecule has 0 radical (unpaired) electrons. The lowest BCUT2D eigenvalue weighted by Gasteiger charge is -2.19. The summed E-state index contributed by atoms with van der Waals surface area (Å²) < 4.78 is 0. The van der Waals surface area contributed by atoms with Gasteiger partial charge in [-0.2, -0.15) is 4.98 Å². The second kappa shape index (κ2) is 4.72. The Morgan fingerprint density at radius 3 is 2.64 bits per heavy atom. The lowest BCUT2D eigenvalue weighted by molar-refractivity contribution is 0.201. The molecule has 78 valence electrons. The topological polar surface area (TPSA) is 62.1 Å². The predicted molar refractivity (Wildman–Crippen MR) is 54.8 cm³/mol. The number of hydrogen-bond acceptors (Lipinski definition) is 5. The number of aliphatic hydroxyl groups is 1. The molecule has 1 rings (SSSR count). The van der Waals surface area contributed by atoms with Crippen LogP contribution in [-0.4, -0.2) is 40.0 Å². The van der Waals surface area contributed by atoms with E-state index in [1.807, 2.05) is 0 Å². The van der Waals surface area contributed by atoms with Crippen molar-refractivity contribution >= 4 is 29.0 Å². The van der Waals surface area contributed by atoms with Gasteiger partial charge in [0.2, 0.25) is 5.28 Å². The molecular weight excluding hydrogens is 227 g/mol. The fraction of sp³-hybridized carbons (Fsp3) is 0.571. The molecule has 7 heteroatoms. The molecule has 0 saturated carbocycles. The van der Waals surface area contributed by atoms with E-state index < -0.39 is 6.10 Å². The third-order valence-corrected chi connectivity index (χ3v) is 1.91. The maximum atomic E-state index is 9.16. The molecule has 14 heavy (non-hydrogen) atoms. The molecule has 0 saturated heterocycles. The molecule has 1 unspecified atom stereocenters. The summed E-state index contributed by atoms with van der Waals surface area (Å²) in [5, 5.41) is 16.4. The maximum absolute atomic E-state index is 9.16. The first-order valence-electron chi connectivity index (χ1n) is 3.95. The fourth-order valence-corrected chi connectivity index (χ4v) is 1.35. The van der Waals surface area contributed by atoms with E-state index >= 15 is 0 Å². The smallest absolute Gasteiger partial charge is 0.245 e. The van der Waals surface area contributed by atoms with Crippen molar-refractivity contribution in [2.24, 2.45) is 0 Å². The van der Waals surface area contributed by atoms with E-state index in [-0.39, 0.29) is 10.4 Å². The summed E-state index contributed by atoms with van der Waals surface area (Å²) in [6.07, 6.45) is -0.482. The summed E-state index contributed by atoms with van der Waals surface area (Å²) in [6.45, 7) is 2.06. The number of aromatic nitrogens is 3. The highest BCUT2D eigenvalue weighted by Crippen LogP contribution is 2.20. The molecule has 1 heterocycles. The van der Waals surface area contributed by atoms with Crippen molar-refractivity contribution in [3.8, 4) is 0 Å². The summed E-state index contributed by atoms with van der Waals surface area (Å²) in [4.78, 5) is 5.56. The molecule has 1 atom stereocenters. The third kappa shape index (κ3) is 2.94. The van der Waals surface area contributed by atoms with Crippen molar-refractivity contribution in [3.05, 3.63) is 10.4 Å². The molecule has 0 aliphatic heterocycles. The van der Waals surface area contributed by atoms with Crippen molar-refractivity contribution in [1.82, 2.24) is 15.2 Å². The summed E-state index contributed by atoms with van der Waals surface area (Å²) in [7, 11) is 1.74. The molecule has 0 aromatic carbocycles. The molecule has 5 nitrogen and oxygen atoms in total. The minimum absolute atomic E-state index is 0.0295. The fourth-order valence-electron chi connectivity index (χ4n) is 1.01. The van der Waals surface area contributed by atoms with Gasteiger partial charge in [-0.05, 0) is 18.5 Å². The van der Waals surface area contributed by atoms with E-state index in [0.717, 1.165) is 0 Å². The van der Waals surface area contributed by atoms with Crippen molar-refractivity contribution < 1.29 is 5.11 Å². The highest BCUT2D eigenvalue weighted by molar-refractivity contribution is 6.32. The van der Waals surface area contributed by atoms with Gasteiger partial charge in [0.1, 0.15) is 0 Å². The number of halogens is 2. The van der Waals surface area contributed by atoms with Gasteiger partial charge in [-0.15, -0.1) is 10.2 Å². The van der Waals surface area contributed by atoms with Crippen molar-refractivity contribution in [1.29, 1.82) is 0 Å². The molecule has 1 aromatic rings. The molecule has 0 amide bonds. The number of likely N-dealkylation sites (N-methyl/N-ethyl adjacent to an activating group) is 1. The van der Waals surface area contributed by atoms with E-state index in [1.54, 1.807) is 18.9 Å². The van der Waals surface area contributed by atoms with E-state index in [2.05, 4.69) is 15.2 Å². The van der Waals surface area contributed by atoms with Crippen LogP contribution >= 0.6 is 23.2 Å². The standard InChI is InChI=1S/C7H10Cl2N4O/c1-4(14)3-13(2)6-5(8)11-12-7(9)10-6/h4,14H,3H2,1-2H3. The van der Waals surface area contributed by atoms with Crippen molar-refractivity contribution in [2.75, 3.05) is 18.5 Å². The van der Waals surface area contributed by atoms with Crippen LogP contribution in [0.3, 0.4) is 0 Å². The van der Waals surface area contributed by atoms with Crippen LogP contribution in [0.25, 0.3) is 0 Å². The van der Waals surface area contributed by atoms with Gasteiger partial charge in [-0.25, -0.2) is 0 Å². The summed E-state index contributed by atoms with van der Waals surface area (Å²) in [6, 6.07) is 0. The van der Waals surface area contributed by atoms with Gasteiger partial charge in [-0.1, -0.05) is 11.6 Å². The minimum atomic E-state index is -0.482. The number of nitrogens with zero attached hydrogens (tertiary/aromatic N) is 4. The summed E-state index contributed by atoms with van der Waals surface area (Å²) in [5.74, 6) is 0.410. The molecule has 0 aliphatic carbocycles. The normalized spacial score (nSPS) is 12.6. The maximum Gasteiger partial charge on any atom is 0.245 e. The van der Waals surface area contributed by atoms with Gasteiger partial charge >= 0.3 is 0 Å². The zero-order valence-corrected chi connectivity index (χ0v) is 9.29. The van der Waals surface area contributed by atoms with Gasteiger partial charge in [0, 0.05) is 13.6 Å². The van der Waals surface area contributed by atoms with Crippen molar-refractivity contribution in [3.63, 3.8) is 0 Å². The Morgan fingerprint density at radius 1 is 1.43 bits per heavy atom. The van der Waals surface area contributed by atoms with Gasteiger partial charge in [0.05, 0.1) is 6.10 Å². The summed E-state index contributed by atoms with van der Waals surface area (Å²) in [5.41, 5.74) is 0. The number of aliphatic hydroxyl groups excluding tert-OH is 1. The molecular formula is C7H10Cl2N4O. The third-order valence-electron chi connectivity index (χ3n) is 1.50. The van der Waals surface area contributed by atoms with Crippen LogP contribution in [0.5, 0.6) is 0 Å². The Labute approximate surface area is 91.7 Å². The lowest BCUT2D eigenvalue weighted by atomic mass is 10.4. The molecule has 0 fully saturated rings. The van der Waals surface area contributed by atoms with E-state index in [1.165, 1.54) is 0 Å². The van der Waals surface area contributed by atoms with E-state index in [4.69, 9.17) is 28.3 Å². The Hall–Kier alpha value is -0.650. The van der Waals surface area contributed by atoms with E-state index in [0.29, 0.717) is 12.4 Å². The number of anilines is 1. The van der Waals surface area contributed by atoms with Crippen LogP contribution in [0.15, 0.2) is 0 Å². The van der Waals surface area contributed by atoms with Crippen molar-refractivity contribution in [2.45, 2.75) is 13.0 Å². The first kappa shape index (κ1) is 11.4. The Bertz CT molecular complexity index is 321. The van der Waals surface area contributed by atoms with Crippen LogP contribution < -0.4 is 4.90 Å². The zero-order valence-electron chi connectivity index (χ0n) is 7.78. The second-order valence-corrected chi connectivity index (χ2v) is 3.62. The van der Waals surface area contributed by atoms with Gasteiger partial charge in [-0.3, -0.25) is 0 Å². The quantitative estimate of drug-likeness (QED) is 0.849. The highest BCUT2D eigenvalue weighted by atomic mass is 35.5. The number of hydrogen-bond donors (Lipinski definition) is 1. The predicted octanol–water partition coefficient (Wildman–Crippen LogP) is 0.995. The summed E-state index contributed by atoms with van der Waals surface area (Å²) >= 11 is 11.3. The van der Waals surface area contributed by atoms with Crippen LogP contribution in [0.2, 0.25) is 10.4 Å². The first-order chi connectivity index (χ1) is 6.50. The van der Waals surface area contributed by atoms with Crippen LogP contribution in [0.4, 0.5) is 5.82 Å². The second-order valence-electron chi connectivity index (χ2n) is 2.92. The van der Waals surface area contributed by atoms with Gasteiger partial charge in [0.25, 0.3) is 0 Å². The van der Waals surface area contributed by atoms with Crippen LogP contribution in [-0.2, 0) is 0 Å². The molecule has 1 N–H and O–H groups in total. The molecule has 0 aliphatic rings. The highest BCUT2D eigenvalue weighted by Gasteiger charge is 2.12. The van der Waals surface area contributed by atoms with E-state index in [9.17, 15) is 0 Å². The Balaban J connectivity index is 2.88. The van der Waals surface area contributed by atoms with Gasteiger partial charge in [0.15, 0.2) is 11.0 Å². The first-order valence-corrected chi connectivity index (χ1v) is 4.71. The molecule has 1 aromatic heterocycles. The van der Waals surface area contributed by atoms with Gasteiger partial charge < -0.3 is 10.0 Å². The zero-order chi connectivity index (χ0) is 10.7. The Kier molecular flexibility index (Phi) is 3.86. The monoisotopic (exact) mass is 236 g/mol. The largest absolute Gasteiger partial charge is 0.392 e. The van der Waals surface area contributed by atoms with Crippen LogP contribution in [0.1, 0.15) is 6.92 Å².